The smallest absolute Gasteiger partial charge is 0.232 e. The molecule has 1 heterocycles. The van der Waals surface area contributed by atoms with Gasteiger partial charge in [0.2, 0.25) is 5.88 Å². The highest BCUT2D eigenvalue weighted by Gasteiger charge is 2.20. The summed E-state index contributed by atoms with van der Waals surface area (Å²) in [4.78, 5) is 8.52. The number of hydrogen-bond acceptors (Lipinski definition) is 5. The van der Waals surface area contributed by atoms with Crippen molar-refractivity contribution in [3.05, 3.63) is 18.1 Å². The minimum absolute atomic E-state index is 0.0130. The number of nitrogens with one attached hydrogen (secondary N) is 1. The van der Waals surface area contributed by atoms with E-state index in [0.717, 1.165) is 12.2 Å². The molecule has 0 bridgehead atoms. The molecule has 2 rings (SSSR count). The van der Waals surface area contributed by atoms with E-state index in [0.29, 0.717) is 18.5 Å². The van der Waals surface area contributed by atoms with Gasteiger partial charge in [-0.3, -0.25) is 4.98 Å². The van der Waals surface area contributed by atoms with Gasteiger partial charge in [-0.25, -0.2) is 4.98 Å². The lowest BCUT2D eigenvalue weighted by atomic mass is 10.4. The summed E-state index contributed by atoms with van der Waals surface area (Å²) >= 11 is 0. The van der Waals surface area contributed by atoms with Crippen LogP contribution in [0.4, 0.5) is 0 Å². The van der Waals surface area contributed by atoms with Crippen molar-refractivity contribution in [2.24, 2.45) is 0 Å². The molecule has 0 aliphatic heterocycles. The van der Waals surface area contributed by atoms with Crippen LogP contribution in [0.25, 0.3) is 0 Å². The summed E-state index contributed by atoms with van der Waals surface area (Å²) in [5.41, 5.74) is 0.916. The molecule has 5 heteroatoms. The third-order valence-corrected chi connectivity index (χ3v) is 2.53. The minimum Gasteiger partial charge on any atom is -0.471 e. The van der Waals surface area contributed by atoms with E-state index in [-0.39, 0.29) is 6.10 Å². The molecule has 0 aromatic carbocycles. The van der Waals surface area contributed by atoms with Gasteiger partial charge >= 0.3 is 0 Å². The van der Waals surface area contributed by atoms with Crippen molar-refractivity contribution < 1.29 is 9.47 Å². The fourth-order valence-corrected chi connectivity index (χ4v) is 1.54. The van der Waals surface area contributed by atoms with Crippen LogP contribution in [0.1, 0.15) is 25.5 Å². The Hall–Kier alpha value is -1.20. The van der Waals surface area contributed by atoms with E-state index in [2.05, 4.69) is 15.3 Å². The molecule has 1 N–H and O–H groups in total. The first kappa shape index (κ1) is 12.3. The van der Waals surface area contributed by atoms with Crippen molar-refractivity contribution >= 4 is 0 Å². The lowest BCUT2D eigenvalue weighted by Gasteiger charge is -2.13. The molecule has 1 aromatic heterocycles. The van der Waals surface area contributed by atoms with Crippen LogP contribution in [0.2, 0.25) is 0 Å². The Kier molecular flexibility index (Phi) is 4.28. The Morgan fingerprint density at radius 2 is 2.29 bits per heavy atom. The third-order valence-electron chi connectivity index (χ3n) is 2.53. The molecule has 1 aliphatic carbocycles. The second-order valence-electron chi connectivity index (χ2n) is 4.39. The Bertz CT molecular complexity index is 355. The van der Waals surface area contributed by atoms with E-state index in [4.69, 9.17) is 9.47 Å². The number of ether oxygens (including phenoxy) is 2. The maximum atomic E-state index is 5.59. The van der Waals surface area contributed by atoms with Gasteiger partial charge in [0.15, 0.2) is 0 Å². The van der Waals surface area contributed by atoms with Crippen molar-refractivity contribution in [1.29, 1.82) is 0 Å². The number of nitrogens with zero attached hydrogens (tertiary/aromatic N) is 2. The van der Waals surface area contributed by atoms with Crippen LogP contribution in [0.15, 0.2) is 12.4 Å². The van der Waals surface area contributed by atoms with Crippen LogP contribution in [-0.2, 0) is 11.3 Å². The molecule has 5 nitrogen and oxygen atoms in total. The van der Waals surface area contributed by atoms with Crippen LogP contribution in [0, 0.1) is 0 Å². The molecule has 1 fully saturated rings. The second-order valence-corrected chi connectivity index (χ2v) is 4.39. The van der Waals surface area contributed by atoms with Crippen LogP contribution in [-0.4, -0.2) is 35.8 Å². The number of hydrogen-bond donors (Lipinski definition) is 1. The van der Waals surface area contributed by atoms with E-state index in [9.17, 15) is 0 Å². The topological polar surface area (TPSA) is 56.3 Å². The highest BCUT2D eigenvalue weighted by atomic mass is 16.5. The van der Waals surface area contributed by atoms with Crippen molar-refractivity contribution in [2.75, 3.05) is 13.7 Å². The van der Waals surface area contributed by atoms with Gasteiger partial charge in [-0.15, -0.1) is 0 Å². The van der Waals surface area contributed by atoms with Gasteiger partial charge in [0, 0.05) is 25.9 Å². The Morgan fingerprint density at radius 3 is 3.00 bits per heavy atom. The molecule has 0 radical (unpaired) electrons. The summed E-state index contributed by atoms with van der Waals surface area (Å²) in [6.45, 7) is 3.25. The molecule has 0 saturated heterocycles. The first-order valence-corrected chi connectivity index (χ1v) is 5.98. The highest BCUT2D eigenvalue weighted by Crippen LogP contribution is 2.19. The van der Waals surface area contributed by atoms with Crippen LogP contribution in [0.3, 0.4) is 0 Å². The van der Waals surface area contributed by atoms with Crippen LogP contribution < -0.4 is 10.1 Å². The maximum absolute atomic E-state index is 5.59. The van der Waals surface area contributed by atoms with Crippen molar-refractivity contribution in [3.8, 4) is 5.88 Å². The van der Waals surface area contributed by atoms with Gasteiger partial charge in [0.25, 0.3) is 0 Å². The monoisotopic (exact) mass is 237 g/mol. The maximum Gasteiger partial charge on any atom is 0.232 e. The fourth-order valence-electron chi connectivity index (χ4n) is 1.54. The summed E-state index contributed by atoms with van der Waals surface area (Å²) < 4.78 is 10.6. The average Bonchev–Trinajstić information content (AvgIpc) is 3.11. The molecule has 1 aromatic rings. The lowest BCUT2D eigenvalue weighted by molar-refractivity contribution is 0.0885. The molecule has 0 spiro atoms. The van der Waals surface area contributed by atoms with Gasteiger partial charge in [-0.1, -0.05) is 0 Å². The largest absolute Gasteiger partial charge is 0.471 e. The van der Waals surface area contributed by atoms with Crippen LogP contribution in [0.5, 0.6) is 5.88 Å². The molecule has 0 amide bonds. The summed E-state index contributed by atoms with van der Waals surface area (Å²) in [7, 11) is 1.65. The van der Waals surface area contributed by atoms with Crippen molar-refractivity contribution in [1.82, 2.24) is 15.3 Å². The summed E-state index contributed by atoms with van der Waals surface area (Å²) in [6.07, 6.45) is 5.93. The van der Waals surface area contributed by atoms with E-state index < -0.39 is 0 Å². The van der Waals surface area contributed by atoms with Crippen molar-refractivity contribution in [2.45, 2.75) is 38.5 Å². The predicted octanol–water partition coefficient (Wildman–Crippen LogP) is 1.14. The zero-order chi connectivity index (χ0) is 12.1. The minimum atomic E-state index is -0.0130. The number of methoxy groups -OCH3 is 1. The summed E-state index contributed by atoms with van der Waals surface area (Å²) in [5.74, 6) is 0.560. The molecular weight excluding hydrogens is 218 g/mol. The predicted molar refractivity (Wildman–Crippen MR) is 63.9 cm³/mol. The van der Waals surface area contributed by atoms with Gasteiger partial charge in [-0.05, 0) is 19.8 Å². The van der Waals surface area contributed by atoms with Gasteiger partial charge in [-0.2, -0.15) is 0 Å². The second kappa shape index (κ2) is 5.93. The first-order valence-electron chi connectivity index (χ1n) is 5.98. The standard InChI is InChI=1S/C12H19N3O2/c1-9(8-16-2)17-12-7-13-5-11(15-12)6-14-10-3-4-10/h5,7,9-10,14H,3-4,6,8H2,1-2H3. The molecule has 1 saturated carbocycles. The Balaban J connectivity index is 1.85. The molecule has 1 atom stereocenters. The summed E-state index contributed by atoms with van der Waals surface area (Å²) in [5, 5.41) is 3.40. The lowest BCUT2D eigenvalue weighted by Crippen LogP contribution is -2.20. The van der Waals surface area contributed by atoms with Crippen molar-refractivity contribution in [3.63, 3.8) is 0 Å². The molecule has 17 heavy (non-hydrogen) atoms. The normalized spacial score (nSPS) is 16.8. The van der Waals surface area contributed by atoms with Gasteiger partial charge in [0.1, 0.15) is 6.10 Å². The zero-order valence-corrected chi connectivity index (χ0v) is 10.3. The van der Waals surface area contributed by atoms with Gasteiger partial charge < -0.3 is 14.8 Å². The average molecular weight is 237 g/mol. The Morgan fingerprint density at radius 1 is 1.47 bits per heavy atom. The molecule has 1 unspecified atom stereocenters. The molecular formula is C12H19N3O2. The van der Waals surface area contributed by atoms with E-state index in [1.54, 1.807) is 19.5 Å². The summed E-state index contributed by atoms with van der Waals surface area (Å²) in [6, 6.07) is 0.675. The zero-order valence-electron chi connectivity index (χ0n) is 10.3. The van der Waals surface area contributed by atoms with E-state index in [1.165, 1.54) is 12.8 Å². The first-order chi connectivity index (χ1) is 8.28. The SMILES string of the molecule is COCC(C)Oc1cncc(CNC2CC2)n1. The number of aromatic nitrogens is 2. The van der Waals surface area contributed by atoms with E-state index in [1.807, 2.05) is 6.92 Å². The number of rotatable bonds is 7. The molecule has 1 aliphatic rings. The van der Waals surface area contributed by atoms with Crippen LogP contribution >= 0.6 is 0 Å². The third kappa shape index (κ3) is 4.28. The van der Waals surface area contributed by atoms with E-state index >= 15 is 0 Å². The fraction of sp³-hybridized carbons (Fsp3) is 0.667. The molecule has 94 valence electrons. The Labute approximate surface area is 102 Å². The highest BCUT2D eigenvalue weighted by molar-refractivity contribution is 5.09. The quantitative estimate of drug-likeness (QED) is 0.770. The van der Waals surface area contributed by atoms with Gasteiger partial charge in [0.05, 0.1) is 18.5 Å².